The molecule has 0 aromatic heterocycles. The van der Waals surface area contributed by atoms with Crippen LogP contribution in [0.5, 0.6) is 0 Å². The lowest BCUT2D eigenvalue weighted by Crippen LogP contribution is -2.38. The van der Waals surface area contributed by atoms with E-state index in [1.165, 1.54) is 25.7 Å². The lowest BCUT2D eigenvalue weighted by atomic mass is 10.1. The van der Waals surface area contributed by atoms with E-state index >= 15 is 0 Å². The summed E-state index contributed by atoms with van der Waals surface area (Å²) in [5.74, 6) is -0.965. The zero-order chi connectivity index (χ0) is 12.6. The van der Waals surface area contributed by atoms with E-state index in [4.69, 9.17) is 5.11 Å². The maximum absolute atomic E-state index is 10.8. The monoisotopic (exact) mass is 229 g/mol. The molecular formula is C13H27NO2. The highest BCUT2D eigenvalue weighted by Crippen LogP contribution is 2.11. The Balaban J connectivity index is 4.00. The number of carboxylic acid groups (broad SMARTS) is 1. The molecule has 2 atom stereocenters. The van der Waals surface area contributed by atoms with E-state index in [1.807, 2.05) is 0 Å². The van der Waals surface area contributed by atoms with E-state index < -0.39 is 5.97 Å². The second-order valence-corrected chi connectivity index (χ2v) is 4.67. The normalized spacial score (nSPS) is 15.1. The van der Waals surface area contributed by atoms with Gasteiger partial charge in [0.15, 0.2) is 0 Å². The fraction of sp³-hybridized carbons (Fsp3) is 0.923. The molecule has 0 saturated heterocycles. The van der Waals surface area contributed by atoms with Gasteiger partial charge < -0.3 is 10.0 Å². The first kappa shape index (κ1) is 15.4. The number of carboxylic acids is 1. The molecule has 0 aliphatic carbocycles. The van der Waals surface area contributed by atoms with Crippen molar-refractivity contribution in [3.8, 4) is 0 Å². The van der Waals surface area contributed by atoms with Crippen LogP contribution in [0.2, 0.25) is 0 Å². The molecule has 0 aromatic rings. The molecule has 0 aromatic carbocycles. The highest BCUT2D eigenvalue weighted by atomic mass is 16.4. The number of unbranched alkanes of at least 4 members (excludes halogenated alkanes) is 2. The Bertz CT molecular complexity index is 194. The van der Waals surface area contributed by atoms with Crippen molar-refractivity contribution in [2.24, 2.45) is 5.92 Å². The third-order valence-corrected chi connectivity index (χ3v) is 3.18. The fourth-order valence-corrected chi connectivity index (χ4v) is 1.92. The second-order valence-electron chi connectivity index (χ2n) is 4.67. The van der Waals surface area contributed by atoms with E-state index in [1.54, 1.807) is 6.92 Å². The molecule has 0 aliphatic rings. The summed E-state index contributed by atoms with van der Waals surface area (Å²) < 4.78 is 0. The summed E-state index contributed by atoms with van der Waals surface area (Å²) in [5, 5.41) is 8.90. The first-order valence-corrected chi connectivity index (χ1v) is 6.49. The highest BCUT2D eigenvalue weighted by Gasteiger charge is 2.18. The van der Waals surface area contributed by atoms with Crippen LogP contribution in [0.4, 0.5) is 0 Å². The van der Waals surface area contributed by atoms with Gasteiger partial charge in [0.2, 0.25) is 0 Å². The van der Waals surface area contributed by atoms with Crippen molar-refractivity contribution in [1.29, 1.82) is 0 Å². The molecule has 3 heteroatoms. The standard InChI is InChI=1S/C13H27NO2/c1-5-7-8-9-12(4)14(6-2)10-11(3)13(15)16/h11-12H,5-10H2,1-4H3,(H,15,16). The molecule has 0 heterocycles. The van der Waals surface area contributed by atoms with Crippen LogP contribution in [0.25, 0.3) is 0 Å². The highest BCUT2D eigenvalue weighted by molar-refractivity contribution is 5.69. The molecule has 0 spiro atoms. The maximum Gasteiger partial charge on any atom is 0.307 e. The summed E-state index contributed by atoms with van der Waals surface area (Å²) >= 11 is 0. The van der Waals surface area contributed by atoms with Crippen molar-refractivity contribution in [1.82, 2.24) is 4.90 Å². The van der Waals surface area contributed by atoms with Gasteiger partial charge in [-0.25, -0.2) is 0 Å². The Morgan fingerprint density at radius 3 is 2.31 bits per heavy atom. The Hall–Kier alpha value is -0.570. The molecule has 0 bridgehead atoms. The second kappa shape index (κ2) is 8.57. The van der Waals surface area contributed by atoms with E-state index in [-0.39, 0.29) is 5.92 Å². The molecule has 1 N–H and O–H groups in total. The minimum atomic E-state index is -0.695. The van der Waals surface area contributed by atoms with Crippen LogP contribution >= 0.6 is 0 Å². The van der Waals surface area contributed by atoms with Crippen LogP contribution in [0.1, 0.15) is 53.4 Å². The van der Waals surface area contributed by atoms with Gasteiger partial charge in [-0.05, 0) is 19.9 Å². The lowest BCUT2D eigenvalue weighted by Gasteiger charge is -2.29. The SMILES string of the molecule is CCCCCC(C)N(CC)CC(C)C(=O)O. The van der Waals surface area contributed by atoms with Crippen LogP contribution < -0.4 is 0 Å². The molecule has 96 valence electrons. The van der Waals surface area contributed by atoms with Crippen LogP contribution in [0.3, 0.4) is 0 Å². The van der Waals surface area contributed by atoms with Gasteiger partial charge in [-0.1, -0.05) is 40.0 Å². The molecule has 0 amide bonds. The summed E-state index contributed by atoms with van der Waals surface area (Å²) in [4.78, 5) is 13.1. The number of rotatable bonds is 9. The average molecular weight is 229 g/mol. The van der Waals surface area contributed by atoms with Gasteiger partial charge in [-0.15, -0.1) is 0 Å². The average Bonchev–Trinajstić information content (AvgIpc) is 2.25. The number of aliphatic carboxylic acids is 1. The smallest absolute Gasteiger partial charge is 0.307 e. The minimum Gasteiger partial charge on any atom is -0.481 e. The van der Waals surface area contributed by atoms with Crippen molar-refractivity contribution >= 4 is 5.97 Å². The summed E-state index contributed by atoms with van der Waals surface area (Å²) in [6.07, 6.45) is 4.93. The van der Waals surface area contributed by atoms with Crippen molar-refractivity contribution in [2.75, 3.05) is 13.1 Å². The van der Waals surface area contributed by atoms with Gasteiger partial charge in [-0.3, -0.25) is 4.79 Å². The van der Waals surface area contributed by atoms with E-state index in [0.717, 1.165) is 6.54 Å². The number of nitrogens with zero attached hydrogens (tertiary/aromatic N) is 1. The topological polar surface area (TPSA) is 40.5 Å². The summed E-state index contributed by atoms with van der Waals surface area (Å²) in [6.45, 7) is 9.89. The quantitative estimate of drug-likeness (QED) is 0.618. The molecule has 2 unspecified atom stereocenters. The Kier molecular flexibility index (Phi) is 8.26. The molecule has 0 saturated carbocycles. The van der Waals surface area contributed by atoms with E-state index in [0.29, 0.717) is 12.6 Å². The largest absolute Gasteiger partial charge is 0.481 e. The van der Waals surface area contributed by atoms with Crippen molar-refractivity contribution in [2.45, 2.75) is 59.4 Å². The molecular weight excluding hydrogens is 202 g/mol. The number of hydrogen-bond acceptors (Lipinski definition) is 2. The molecule has 16 heavy (non-hydrogen) atoms. The zero-order valence-electron chi connectivity index (χ0n) is 11.2. The van der Waals surface area contributed by atoms with Crippen LogP contribution in [-0.4, -0.2) is 35.1 Å². The first-order chi connectivity index (χ1) is 7.52. The Morgan fingerprint density at radius 2 is 1.88 bits per heavy atom. The van der Waals surface area contributed by atoms with Gasteiger partial charge in [0.1, 0.15) is 0 Å². The Morgan fingerprint density at radius 1 is 1.25 bits per heavy atom. The summed E-state index contributed by atoms with van der Waals surface area (Å²) in [7, 11) is 0. The third-order valence-electron chi connectivity index (χ3n) is 3.18. The van der Waals surface area contributed by atoms with Crippen LogP contribution in [-0.2, 0) is 4.79 Å². The zero-order valence-corrected chi connectivity index (χ0v) is 11.2. The van der Waals surface area contributed by atoms with Gasteiger partial charge in [0.05, 0.1) is 5.92 Å². The maximum atomic E-state index is 10.8. The van der Waals surface area contributed by atoms with Crippen molar-refractivity contribution in [3.05, 3.63) is 0 Å². The van der Waals surface area contributed by atoms with E-state index in [2.05, 4.69) is 25.7 Å². The third kappa shape index (κ3) is 6.11. The van der Waals surface area contributed by atoms with Gasteiger partial charge >= 0.3 is 5.97 Å². The van der Waals surface area contributed by atoms with Crippen LogP contribution in [0, 0.1) is 5.92 Å². The molecule has 0 fully saturated rings. The minimum absolute atomic E-state index is 0.270. The predicted molar refractivity (Wildman–Crippen MR) is 67.7 cm³/mol. The van der Waals surface area contributed by atoms with Gasteiger partial charge in [0, 0.05) is 12.6 Å². The van der Waals surface area contributed by atoms with Gasteiger partial charge in [0.25, 0.3) is 0 Å². The lowest BCUT2D eigenvalue weighted by molar-refractivity contribution is -0.141. The summed E-state index contributed by atoms with van der Waals surface area (Å²) in [5.41, 5.74) is 0. The van der Waals surface area contributed by atoms with E-state index in [9.17, 15) is 4.79 Å². The number of carbonyl (C=O) groups is 1. The number of hydrogen-bond donors (Lipinski definition) is 1. The van der Waals surface area contributed by atoms with Crippen molar-refractivity contribution in [3.63, 3.8) is 0 Å². The molecule has 0 aliphatic heterocycles. The fourth-order valence-electron chi connectivity index (χ4n) is 1.92. The summed E-state index contributed by atoms with van der Waals surface area (Å²) in [6, 6.07) is 0.498. The predicted octanol–water partition coefficient (Wildman–Crippen LogP) is 3.00. The molecule has 0 radical (unpaired) electrons. The molecule has 0 rings (SSSR count). The first-order valence-electron chi connectivity index (χ1n) is 6.49. The van der Waals surface area contributed by atoms with Crippen molar-refractivity contribution < 1.29 is 9.90 Å². The molecule has 3 nitrogen and oxygen atoms in total. The van der Waals surface area contributed by atoms with Gasteiger partial charge in [-0.2, -0.15) is 0 Å². The Labute approximate surface area is 99.8 Å². The van der Waals surface area contributed by atoms with Crippen LogP contribution in [0.15, 0.2) is 0 Å².